The third kappa shape index (κ3) is 6.76. The highest BCUT2D eigenvalue weighted by Crippen LogP contribution is 2.33. The van der Waals surface area contributed by atoms with Gasteiger partial charge in [0.2, 0.25) is 11.8 Å². The Morgan fingerprint density at radius 1 is 1.12 bits per heavy atom. The first kappa shape index (κ1) is 28.3. The molecule has 9 nitrogen and oxygen atoms in total. The van der Waals surface area contributed by atoms with Crippen LogP contribution in [0.15, 0.2) is 53.3 Å². The Morgan fingerprint density at radius 3 is 2.63 bits per heavy atom. The summed E-state index contributed by atoms with van der Waals surface area (Å²) in [5, 5.41) is 3.34. The van der Waals surface area contributed by atoms with Gasteiger partial charge in [0.05, 0.1) is 16.8 Å². The fraction of sp³-hybridized carbons (Fsp3) is 0.379. The third-order valence-electron chi connectivity index (χ3n) is 6.98. The average Bonchev–Trinajstić information content (AvgIpc) is 2.93. The van der Waals surface area contributed by atoms with E-state index in [1.165, 1.54) is 12.1 Å². The van der Waals surface area contributed by atoms with Crippen LogP contribution in [-0.4, -0.2) is 50.5 Å². The molecule has 0 spiro atoms. The summed E-state index contributed by atoms with van der Waals surface area (Å²) >= 11 is 0. The number of hydrogen-bond donors (Lipinski definition) is 3. The number of nitrogens with zero attached hydrogens (tertiary/aromatic N) is 4. The lowest BCUT2D eigenvalue weighted by atomic mass is 10.0. The third-order valence-corrected chi connectivity index (χ3v) is 6.98. The molecule has 216 valence electrons. The molecule has 4 aromatic rings. The number of para-hydroxylation sites is 1. The molecule has 1 fully saturated rings. The summed E-state index contributed by atoms with van der Waals surface area (Å²) in [6.07, 6.45) is -1.10. The van der Waals surface area contributed by atoms with Crippen molar-refractivity contribution >= 4 is 22.8 Å². The number of anilines is 2. The molecule has 1 atom stereocenters. The van der Waals surface area contributed by atoms with Crippen LogP contribution in [0.4, 0.5) is 24.9 Å². The van der Waals surface area contributed by atoms with E-state index >= 15 is 0 Å². The minimum absolute atomic E-state index is 0.152. The molecule has 12 heteroatoms. The molecule has 2 aromatic carbocycles. The Kier molecular flexibility index (Phi) is 8.11. The number of nitrogens with two attached hydrogens (primary N) is 1. The maximum absolute atomic E-state index is 13.2. The van der Waals surface area contributed by atoms with Crippen LogP contribution in [0.2, 0.25) is 0 Å². The summed E-state index contributed by atoms with van der Waals surface area (Å²) in [4.78, 5) is 30.4. The number of hydrogen-bond acceptors (Lipinski definition) is 8. The first-order valence-electron chi connectivity index (χ1n) is 13.6. The van der Waals surface area contributed by atoms with Gasteiger partial charge in [-0.05, 0) is 49.6 Å². The smallest absolute Gasteiger partial charge is 0.416 e. The van der Waals surface area contributed by atoms with Gasteiger partial charge in [-0.25, -0.2) is 9.97 Å². The molecular weight excluding hydrogens is 535 g/mol. The maximum Gasteiger partial charge on any atom is 0.416 e. The number of H-pyrrole nitrogens is 1. The largest absolute Gasteiger partial charge is 0.436 e. The zero-order chi connectivity index (χ0) is 29.1. The summed E-state index contributed by atoms with van der Waals surface area (Å²) in [7, 11) is 0. The summed E-state index contributed by atoms with van der Waals surface area (Å²) in [5.41, 5.74) is 6.09. The van der Waals surface area contributed by atoms with E-state index in [1.54, 1.807) is 24.3 Å². The van der Waals surface area contributed by atoms with E-state index < -0.39 is 17.3 Å². The molecule has 0 amide bonds. The highest BCUT2D eigenvalue weighted by Gasteiger charge is 2.30. The van der Waals surface area contributed by atoms with Gasteiger partial charge in [0.1, 0.15) is 5.52 Å². The molecule has 41 heavy (non-hydrogen) atoms. The number of nitrogen functional groups attached to an aromatic ring is 1. The molecule has 1 saturated heterocycles. The van der Waals surface area contributed by atoms with Crippen LogP contribution >= 0.6 is 0 Å². The monoisotopic (exact) mass is 567 g/mol. The van der Waals surface area contributed by atoms with E-state index in [4.69, 9.17) is 10.5 Å². The summed E-state index contributed by atoms with van der Waals surface area (Å²) in [6, 6.07) is 11.6. The van der Waals surface area contributed by atoms with Crippen LogP contribution in [0, 0.1) is 5.92 Å². The van der Waals surface area contributed by atoms with E-state index in [0.29, 0.717) is 46.5 Å². The Morgan fingerprint density at radius 2 is 1.90 bits per heavy atom. The lowest BCUT2D eigenvalue weighted by molar-refractivity contribution is -0.137. The van der Waals surface area contributed by atoms with E-state index in [-0.39, 0.29) is 17.6 Å². The van der Waals surface area contributed by atoms with Crippen LogP contribution in [0.5, 0.6) is 11.6 Å². The number of piperidine rings is 1. The molecule has 1 aliphatic heterocycles. The number of ether oxygens (including phenoxy) is 1. The highest BCUT2D eigenvalue weighted by atomic mass is 19.4. The van der Waals surface area contributed by atoms with Crippen molar-refractivity contribution in [1.29, 1.82) is 0 Å². The van der Waals surface area contributed by atoms with Crippen molar-refractivity contribution in [1.82, 2.24) is 24.8 Å². The second-order valence-corrected chi connectivity index (χ2v) is 10.6. The predicted molar refractivity (Wildman–Crippen MR) is 152 cm³/mol. The predicted octanol–water partition coefficient (Wildman–Crippen LogP) is 5.70. The second-order valence-electron chi connectivity index (χ2n) is 10.6. The lowest BCUT2D eigenvalue weighted by Gasteiger charge is -2.36. The van der Waals surface area contributed by atoms with Crippen molar-refractivity contribution in [2.45, 2.75) is 45.3 Å². The molecular formula is C29H32F3N7O2. The number of alkyl halides is 3. The van der Waals surface area contributed by atoms with E-state index in [9.17, 15) is 18.0 Å². The van der Waals surface area contributed by atoms with Crippen molar-refractivity contribution < 1.29 is 17.9 Å². The fourth-order valence-electron chi connectivity index (χ4n) is 5.03. The standard InChI is InChI=1S/C29H32F3N7O2/c1-17(2)16-39-13-4-3-6-20(39)15-34-28-36-22(18-9-11-19(12-10-18)29(30,31)32)14-24(37-28)41-23-8-5-7-21-25(23)38-26(33)27(40)35-21/h5,7-12,14,17,20H,3-4,6,13,15-16H2,1-2H3,(H2,33,38)(H,35,40)(H,34,36,37)/t20-/m0/s1. The highest BCUT2D eigenvalue weighted by molar-refractivity contribution is 5.82. The van der Waals surface area contributed by atoms with Gasteiger partial charge in [0.25, 0.3) is 5.56 Å². The van der Waals surface area contributed by atoms with Crippen LogP contribution in [-0.2, 0) is 6.18 Å². The molecule has 3 heterocycles. The number of rotatable bonds is 8. The average molecular weight is 568 g/mol. The molecule has 4 N–H and O–H groups in total. The Balaban J connectivity index is 1.48. The first-order valence-corrected chi connectivity index (χ1v) is 13.6. The molecule has 0 saturated carbocycles. The lowest BCUT2D eigenvalue weighted by Crippen LogP contribution is -2.45. The Bertz CT molecular complexity index is 1570. The molecule has 0 unspecified atom stereocenters. The van der Waals surface area contributed by atoms with Crippen LogP contribution in [0.3, 0.4) is 0 Å². The summed E-state index contributed by atoms with van der Waals surface area (Å²) in [5.74, 6) is 1.06. The second kappa shape index (κ2) is 11.7. The fourth-order valence-corrected chi connectivity index (χ4v) is 5.03. The number of aromatic amines is 1. The first-order chi connectivity index (χ1) is 19.6. The Hall–Kier alpha value is -4.19. The Labute approximate surface area is 235 Å². The van der Waals surface area contributed by atoms with Crippen LogP contribution in [0.1, 0.15) is 38.7 Å². The van der Waals surface area contributed by atoms with Crippen molar-refractivity contribution in [3.8, 4) is 22.9 Å². The van der Waals surface area contributed by atoms with Gasteiger partial charge in [0.15, 0.2) is 11.6 Å². The quantitative estimate of drug-likeness (QED) is 0.248. The van der Waals surface area contributed by atoms with Crippen LogP contribution < -0.4 is 21.3 Å². The minimum Gasteiger partial charge on any atom is -0.436 e. The number of benzene rings is 2. The number of fused-ring (bicyclic) bond motifs is 1. The van der Waals surface area contributed by atoms with Crippen molar-refractivity contribution in [2.24, 2.45) is 5.92 Å². The zero-order valence-corrected chi connectivity index (χ0v) is 22.8. The van der Waals surface area contributed by atoms with E-state index in [0.717, 1.165) is 44.5 Å². The van der Waals surface area contributed by atoms with Crippen LogP contribution in [0.25, 0.3) is 22.3 Å². The van der Waals surface area contributed by atoms with Crippen molar-refractivity contribution in [3.05, 3.63) is 64.4 Å². The maximum atomic E-state index is 13.2. The zero-order valence-electron chi connectivity index (χ0n) is 22.8. The number of likely N-dealkylation sites (tertiary alicyclic amines) is 1. The van der Waals surface area contributed by atoms with Crippen molar-refractivity contribution in [3.63, 3.8) is 0 Å². The van der Waals surface area contributed by atoms with Gasteiger partial charge < -0.3 is 20.8 Å². The molecule has 0 radical (unpaired) electrons. The van der Waals surface area contributed by atoms with Gasteiger partial charge in [-0.1, -0.05) is 38.5 Å². The van der Waals surface area contributed by atoms with E-state index in [1.807, 2.05) is 0 Å². The molecule has 5 rings (SSSR count). The minimum atomic E-state index is -4.45. The van der Waals surface area contributed by atoms with E-state index in [2.05, 4.69) is 44.0 Å². The molecule has 0 aliphatic carbocycles. The topological polar surface area (TPSA) is 122 Å². The van der Waals surface area contributed by atoms with Gasteiger partial charge in [-0.3, -0.25) is 9.69 Å². The molecule has 1 aliphatic rings. The molecule has 2 aromatic heterocycles. The van der Waals surface area contributed by atoms with Gasteiger partial charge in [-0.2, -0.15) is 18.2 Å². The number of nitrogens with one attached hydrogen (secondary N) is 2. The SMILES string of the molecule is CC(C)CN1CCCC[C@H]1CNc1nc(Oc2cccc3[nH]c(=O)c(N)nc23)cc(-c2ccc(C(F)(F)F)cc2)n1. The van der Waals surface area contributed by atoms with Crippen molar-refractivity contribution in [2.75, 3.05) is 30.7 Å². The van der Waals surface area contributed by atoms with Gasteiger partial charge in [-0.15, -0.1) is 0 Å². The molecule has 0 bridgehead atoms. The number of halogens is 3. The summed E-state index contributed by atoms with van der Waals surface area (Å²) in [6.45, 7) is 7.03. The van der Waals surface area contributed by atoms with Gasteiger partial charge >= 0.3 is 6.18 Å². The van der Waals surface area contributed by atoms with Gasteiger partial charge in [0, 0.05) is 30.8 Å². The normalized spacial score (nSPS) is 16.3. The number of aromatic nitrogens is 4. The summed E-state index contributed by atoms with van der Waals surface area (Å²) < 4.78 is 45.6.